The molecule has 3 heteroatoms. The quantitative estimate of drug-likeness (QED) is 0.577. The number of hydrogen-bond acceptors (Lipinski definition) is 3. The Morgan fingerprint density at radius 1 is 1.42 bits per heavy atom. The molecule has 66 valence electrons. The van der Waals surface area contributed by atoms with Gasteiger partial charge in [0.25, 0.3) is 0 Å². The highest BCUT2D eigenvalue weighted by atomic mass is 32.2. The van der Waals surface area contributed by atoms with E-state index in [1.165, 1.54) is 10.5 Å². The molecule has 0 saturated carbocycles. The number of hydrogen-bond donors (Lipinski definition) is 2. The molecular formula is C9H13NS2. The lowest BCUT2D eigenvalue weighted by atomic mass is 10.1. The summed E-state index contributed by atoms with van der Waals surface area (Å²) in [6.45, 7) is 0.585. The fourth-order valence-electron chi connectivity index (χ4n) is 0.962. The van der Waals surface area contributed by atoms with E-state index >= 15 is 0 Å². The molecule has 0 aromatic heterocycles. The van der Waals surface area contributed by atoms with Crippen LogP contribution >= 0.6 is 24.4 Å². The second-order valence-corrected chi connectivity index (χ2v) is 4.03. The third-order valence-corrected chi connectivity index (χ3v) is 2.98. The van der Waals surface area contributed by atoms with Crippen LogP contribution in [-0.4, -0.2) is 12.8 Å². The molecule has 1 atom stereocenters. The predicted molar refractivity (Wildman–Crippen MR) is 59.0 cm³/mol. The van der Waals surface area contributed by atoms with E-state index in [1.54, 1.807) is 11.8 Å². The summed E-state index contributed by atoms with van der Waals surface area (Å²) >= 11 is 6.09. The van der Waals surface area contributed by atoms with Gasteiger partial charge in [0.15, 0.2) is 0 Å². The molecule has 1 aromatic carbocycles. The second kappa shape index (κ2) is 4.80. The van der Waals surface area contributed by atoms with Crippen molar-refractivity contribution in [2.24, 2.45) is 5.73 Å². The Kier molecular flexibility index (Phi) is 3.98. The van der Waals surface area contributed by atoms with Crippen LogP contribution in [0, 0.1) is 0 Å². The molecule has 12 heavy (non-hydrogen) atoms. The number of benzene rings is 1. The van der Waals surface area contributed by atoms with Crippen LogP contribution in [0.2, 0.25) is 0 Å². The van der Waals surface area contributed by atoms with Crippen LogP contribution in [0.5, 0.6) is 0 Å². The monoisotopic (exact) mass is 199 g/mol. The van der Waals surface area contributed by atoms with Crippen molar-refractivity contribution in [3.63, 3.8) is 0 Å². The van der Waals surface area contributed by atoms with Crippen LogP contribution in [0.1, 0.15) is 10.8 Å². The summed E-state index contributed by atoms with van der Waals surface area (Å²) in [5.41, 5.74) is 6.69. The third kappa shape index (κ3) is 2.44. The summed E-state index contributed by atoms with van der Waals surface area (Å²) < 4.78 is 0. The van der Waals surface area contributed by atoms with Crippen LogP contribution in [0.4, 0.5) is 0 Å². The molecule has 0 amide bonds. The van der Waals surface area contributed by atoms with Gasteiger partial charge in [-0.3, -0.25) is 0 Å². The fraction of sp³-hybridized carbons (Fsp3) is 0.333. The van der Waals surface area contributed by atoms with Crippen molar-refractivity contribution in [1.82, 2.24) is 0 Å². The molecule has 0 aliphatic heterocycles. The Balaban J connectivity index is 2.77. The molecule has 0 bridgehead atoms. The highest BCUT2D eigenvalue weighted by molar-refractivity contribution is 7.98. The zero-order valence-electron chi connectivity index (χ0n) is 7.03. The van der Waals surface area contributed by atoms with Crippen molar-refractivity contribution in [1.29, 1.82) is 0 Å². The SMILES string of the molecule is CSc1ccc(C(S)CN)cc1. The van der Waals surface area contributed by atoms with E-state index < -0.39 is 0 Å². The smallest absolute Gasteiger partial charge is 0.0389 e. The van der Waals surface area contributed by atoms with Gasteiger partial charge in [0.05, 0.1) is 0 Å². The number of thioether (sulfide) groups is 1. The van der Waals surface area contributed by atoms with Gasteiger partial charge in [-0.2, -0.15) is 12.6 Å². The summed E-state index contributed by atoms with van der Waals surface area (Å²) in [5.74, 6) is 0. The summed E-state index contributed by atoms with van der Waals surface area (Å²) in [4.78, 5) is 1.27. The summed E-state index contributed by atoms with van der Waals surface area (Å²) in [5, 5.41) is 0.168. The normalized spacial score (nSPS) is 12.9. The van der Waals surface area contributed by atoms with E-state index in [1.807, 2.05) is 0 Å². The number of rotatable bonds is 3. The first-order valence-electron chi connectivity index (χ1n) is 3.80. The van der Waals surface area contributed by atoms with Gasteiger partial charge in [0.2, 0.25) is 0 Å². The number of thiol groups is 1. The molecule has 0 radical (unpaired) electrons. The molecule has 2 N–H and O–H groups in total. The lowest BCUT2D eigenvalue weighted by Crippen LogP contribution is -2.06. The van der Waals surface area contributed by atoms with Crippen molar-refractivity contribution in [3.8, 4) is 0 Å². The van der Waals surface area contributed by atoms with Crippen LogP contribution in [0.15, 0.2) is 29.2 Å². The van der Waals surface area contributed by atoms with Gasteiger partial charge in [0.1, 0.15) is 0 Å². The van der Waals surface area contributed by atoms with E-state index in [4.69, 9.17) is 5.73 Å². The largest absolute Gasteiger partial charge is 0.329 e. The number of nitrogens with two attached hydrogens (primary N) is 1. The van der Waals surface area contributed by atoms with Gasteiger partial charge in [-0.05, 0) is 24.0 Å². The van der Waals surface area contributed by atoms with Crippen molar-refractivity contribution in [2.75, 3.05) is 12.8 Å². The van der Waals surface area contributed by atoms with E-state index in [2.05, 4.69) is 43.2 Å². The Bertz CT molecular complexity index is 233. The van der Waals surface area contributed by atoms with Gasteiger partial charge in [-0.25, -0.2) is 0 Å². The fourth-order valence-corrected chi connectivity index (χ4v) is 1.54. The van der Waals surface area contributed by atoms with E-state index in [9.17, 15) is 0 Å². The maximum atomic E-state index is 5.49. The summed E-state index contributed by atoms with van der Waals surface area (Å²) in [7, 11) is 0. The van der Waals surface area contributed by atoms with Crippen LogP contribution < -0.4 is 5.73 Å². The molecule has 1 nitrogen and oxygen atoms in total. The first kappa shape index (κ1) is 9.96. The molecule has 0 fully saturated rings. The molecule has 0 saturated heterocycles. The zero-order valence-corrected chi connectivity index (χ0v) is 8.74. The standard InChI is InChI=1S/C9H13NS2/c1-12-8-4-2-7(3-5-8)9(11)6-10/h2-5,9,11H,6,10H2,1H3. The van der Waals surface area contributed by atoms with Gasteiger partial charge in [0, 0.05) is 16.7 Å². The van der Waals surface area contributed by atoms with E-state index in [-0.39, 0.29) is 5.25 Å². The maximum Gasteiger partial charge on any atom is 0.0389 e. The predicted octanol–water partition coefficient (Wildman–Crippen LogP) is 2.34. The van der Waals surface area contributed by atoms with Crippen LogP contribution in [0.3, 0.4) is 0 Å². The maximum absolute atomic E-state index is 5.49. The molecular weight excluding hydrogens is 186 g/mol. The molecule has 0 spiro atoms. The molecule has 1 unspecified atom stereocenters. The Morgan fingerprint density at radius 3 is 2.42 bits per heavy atom. The minimum absolute atomic E-state index is 0.168. The highest BCUT2D eigenvalue weighted by Gasteiger charge is 2.02. The van der Waals surface area contributed by atoms with Gasteiger partial charge in [-0.1, -0.05) is 12.1 Å². The minimum atomic E-state index is 0.168. The molecule has 0 aliphatic rings. The van der Waals surface area contributed by atoms with E-state index in [0.29, 0.717) is 6.54 Å². The third-order valence-electron chi connectivity index (χ3n) is 1.72. The van der Waals surface area contributed by atoms with Crippen LogP contribution in [-0.2, 0) is 0 Å². The van der Waals surface area contributed by atoms with Gasteiger partial charge < -0.3 is 5.73 Å². The zero-order chi connectivity index (χ0) is 8.97. The summed E-state index contributed by atoms with van der Waals surface area (Å²) in [6.07, 6.45) is 2.07. The molecule has 0 aliphatic carbocycles. The van der Waals surface area contributed by atoms with Crippen molar-refractivity contribution in [2.45, 2.75) is 10.1 Å². The highest BCUT2D eigenvalue weighted by Crippen LogP contribution is 2.21. The van der Waals surface area contributed by atoms with Gasteiger partial charge >= 0.3 is 0 Å². The summed E-state index contributed by atoms with van der Waals surface area (Å²) in [6, 6.07) is 8.35. The van der Waals surface area contributed by atoms with Crippen LogP contribution in [0.25, 0.3) is 0 Å². The minimum Gasteiger partial charge on any atom is -0.329 e. The first-order valence-corrected chi connectivity index (χ1v) is 5.54. The Hall–Kier alpha value is -0.120. The molecule has 1 rings (SSSR count). The van der Waals surface area contributed by atoms with E-state index in [0.717, 1.165) is 0 Å². The second-order valence-electron chi connectivity index (χ2n) is 2.52. The first-order chi connectivity index (χ1) is 5.77. The van der Waals surface area contributed by atoms with Crippen molar-refractivity contribution < 1.29 is 0 Å². The average molecular weight is 199 g/mol. The Labute approximate surface area is 83.1 Å². The van der Waals surface area contributed by atoms with Crippen molar-refractivity contribution >= 4 is 24.4 Å². The van der Waals surface area contributed by atoms with Crippen molar-refractivity contribution in [3.05, 3.63) is 29.8 Å². The van der Waals surface area contributed by atoms with Gasteiger partial charge in [-0.15, -0.1) is 11.8 Å². The lowest BCUT2D eigenvalue weighted by Gasteiger charge is -2.07. The Morgan fingerprint density at radius 2 is 2.00 bits per heavy atom. The molecule has 1 aromatic rings. The topological polar surface area (TPSA) is 26.0 Å². The lowest BCUT2D eigenvalue weighted by molar-refractivity contribution is 0.947. The molecule has 0 heterocycles. The average Bonchev–Trinajstić information content (AvgIpc) is 2.17.